The fourth-order valence-corrected chi connectivity index (χ4v) is 2.74. The molecule has 0 spiro atoms. The molecule has 0 aliphatic rings. The van der Waals surface area contributed by atoms with Gasteiger partial charge in [-0.3, -0.25) is 18.5 Å². The quantitative estimate of drug-likeness (QED) is 0.677. The summed E-state index contributed by atoms with van der Waals surface area (Å²) in [5.41, 5.74) is 5.83. The Hall–Kier alpha value is -2.94. The number of fused-ring (bicyclic) bond motifs is 1. The van der Waals surface area contributed by atoms with Gasteiger partial charge in [0.05, 0.1) is 6.54 Å². The normalized spacial score (nSPS) is 11.2. The maximum atomic E-state index is 13.5. The third-order valence-corrected chi connectivity index (χ3v) is 4.01. The Morgan fingerprint density at radius 2 is 2.00 bits per heavy atom. The minimum atomic E-state index is -0.460. The van der Waals surface area contributed by atoms with Crippen molar-refractivity contribution in [1.29, 1.82) is 0 Å². The highest BCUT2D eigenvalue weighted by Gasteiger charge is 2.19. The van der Waals surface area contributed by atoms with E-state index in [4.69, 9.17) is 5.73 Å². The third-order valence-electron chi connectivity index (χ3n) is 4.01. The molecule has 0 bridgehead atoms. The number of nitrogens with zero attached hydrogens (tertiary/aromatic N) is 4. The van der Waals surface area contributed by atoms with E-state index in [1.165, 1.54) is 23.7 Å². The summed E-state index contributed by atoms with van der Waals surface area (Å²) in [6, 6.07) is 6.11. The molecule has 9 heteroatoms. The smallest absolute Gasteiger partial charge is 0.332 e. The van der Waals surface area contributed by atoms with Crippen LogP contribution in [0, 0.1) is 5.82 Å². The predicted molar refractivity (Wildman–Crippen MR) is 93.3 cm³/mol. The Morgan fingerprint density at radius 3 is 2.68 bits per heavy atom. The molecular weight excluding hydrogens is 327 g/mol. The Morgan fingerprint density at radius 1 is 1.24 bits per heavy atom. The van der Waals surface area contributed by atoms with Crippen LogP contribution < -0.4 is 22.3 Å². The van der Waals surface area contributed by atoms with Gasteiger partial charge in [-0.15, -0.1) is 0 Å². The van der Waals surface area contributed by atoms with Gasteiger partial charge in [-0.05, 0) is 17.7 Å². The zero-order valence-corrected chi connectivity index (χ0v) is 14.0. The summed E-state index contributed by atoms with van der Waals surface area (Å²) in [5, 5.41) is 3.05. The summed E-state index contributed by atoms with van der Waals surface area (Å²) in [5.74, 6) is 0.0432. The van der Waals surface area contributed by atoms with E-state index in [9.17, 15) is 14.0 Å². The molecule has 0 aliphatic heterocycles. The molecule has 0 saturated heterocycles. The van der Waals surface area contributed by atoms with E-state index in [2.05, 4.69) is 10.3 Å². The van der Waals surface area contributed by atoms with Gasteiger partial charge in [-0.2, -0.15) is 4.98 Å². The lowest BCUT2D eigenvalue weighted by Crippen LogP contribution is -2.37. The average Bonchev–Trinajstić information content (AvgIpc) is 2.95. The van der Waals surface area contributed by atoms with E-state index < -0.39 is 11.2 Å². The molecule has 1 aromatic carbocycles. The number of aromatic nitrogens is 4. The second-order valence-electron chi connectivity index (χ2n) is 5.74. The van der Waals surface area contributed by atoms with Crippen LogP contribution in [-0.2, 0) is 20.6 Å². The number of nitrogens with one attached hydrogen (secondary N) is 1. The Labute approximate surface area is 142 Å². The topological polar surface area (TPSA) is 99.9 Å². The Kier molecular flexibility index (Phi) is 4.41. The first-order valence-electron chi connectivity index (χ1n) is 7.78. The molecule has 0 saturated carbocycles. The summed E-state index contributed by atoms with van der Waals surface area (Å²) in [6.45, 7) is 1.05. The molecule has 3 N–H and O–H groups in total. The number of halogens is 1. The molecule has 0 aliphatic carbocycles. The highest BCUT2D eigenvalue weighted by atomic mass is 19.1. The first-order chi connectivity index (χ1) is 11.9. The maximum absolute atomic E-state index is 13.5. The van der Waals surface area contributed by atoms with E-state index in [0.717, 1.165) is 4.57 Å². The van der Waals surface area contributed by atoms with Gasteiger partial charge >= 0.3 is 5.69 Å². The number of anilines is 1. The van der Waals surface area contributed by atoms with Gasteiger partial charge in [0, 0.05) is 27.2 Å². The standard InChI is InChI=1S/C16H19FN6O2/c1-21-13-12(14(24)22(2)16(21)25)23(15(20-13)19-7-6-18)9-10-4-3-5-11(17)8-10/h3-5,8H,6-7,9,18H2,1-2H3,(H,19,20). The minimum absolute atomic E-state index is 0.231. The predicted octanol–water partition coefficient (Wildman–Crippen LogP) is -0.00830. The number of nitrogens with two attached hydrogens (primary N) is 1. The van der Waals surface area contributed by atoms with Crippen molar-refractivity contribution in [2.24, 2.45) is 19.8 Å². The molecule has 0 amide bonds. The molecule has 132 valence electrons. The first-order valence-corrected chi connectivity index (χ1v) is 7.78. The Bertz CT molecular complexity index is 1050. The van der Waals surface area contributed by atoms with Crippen LogP contribution in [0.4, 0.5) is 10.3 Å². The molecule has 3 rings (SSSR count). The summed E-state index contributed by atoms with van der Waals surface area (Å²) in [4.78, 5) is 29.1. The summed E-state index contributed by atoms with van der Waals surface area (Å²) >= 11 is 0. The molecule has 0 radical (unpaired) electrons. The van der Waals surface area contributed by atoms with Crippen molar-refractivity contribution in [3.05, 3.63) is 56.5 Å². The lowest BCUT2D eigenvalue weighted by Gasteiger charge is -2.10. The van der Waals surface area contributed by atoms with Crippen LogP contribution in [0.5, 0.6) is 0 Å². The van der Waals surface area contributed by atoms with Crippen LogP contribution in [0.25, 0.3) is 11.2 Å². The largest absolute Gasteiger partial charge is 0.354 e. The van der Waals surface area contributed by atoms with Crippen molar-refractivity contribution in [3.63, 3.8) is 0 Å². The lowest BCUT2D eigenvalue weighted by atomic mass is 10.2. The molecule has 2 aromatic heterocycles. The van der Waals surface area contributed by atoms with Gasteiger partial charge in [-0.1, -0.05) is 12.1 Å². The number of hydrogen-bond donors (Lipinski definition) is 2. The van der Waals surface area contributed by atoms with Gasteiger partial charge in [-0.25, -0.2) is 9.18 Å². The molecule has 2 heterocycles. The van der Waals surface area contributed by atoms with E-state index in [0.29, 0.717) is 24.6 Å². The zero-order chi connectivity index (χ0) is 18.1. The van der Waals surface area contributed by atoms with Crippen LogP contribution >= 0.6 is 0 Å². The van der Waals surface area contributed by atoms with E-state index in [1.54, 1.807) is 23.7 Å². The van der Waals surface area contributed by atoms with Gasteiger partial charge in [0.15, 0.2) is 11.2 Å². The number of benzene rings is 1. The summed E-state index contributed by atoms with van der Waals surface area (Å²) in [6.07, 6.45) is 0. The molecule has 0 unspecified atom stereocenters. The summed E-state index contributed by atoms with van der Waals surface area (Å²) in [7, 11) is 2.97. The number of rotatable bonds is 5. The van der Waals surface area contributed by atoms with Crippen molar-refractivity contribution in [2.45, 2.75) is 6.54 Å². The summed E-state index contributed by atoms with van der Waals surface area (Å²) < 4.78 is 17.5. The molecule has 0 atom stereocenters. The van der Waals surface area contributed by atoms with Crippen molar-refractivity contribution in [2.75, 3.05) is 18.4 Å². The van der Waals surface area contributed by atoms with Crippen LogP contribution in [0.3, 0.4) is 0 Å². The van der Waals surface area contributed by atoms with Gasteiger partial charge in [0.25, 0.3) is 5.56 Å². The highest BCUT2D eigenvalue weighted by Crippen LogP contribution is 2.18. The molecule has 8 nitrogen and oxygen atoms in total. The number of imidazole rings is 1. The fraction of sp³-hybridized carbons (Fsp3) is 0.312. The lowest BCUT2D eigenvalue weighted by molar-refractivity contribution is 0.624. The van der Waals surface area contributed by atoms with Crippen LogP contribution in [0.15, 0.2) is 33.9 Å². The van der Waals surface area contributed by atoms with Crippen molar-refractivity contribution >= 4 is 17.1 Å². The first kappa shape index (κ1) is 16.9. The van der Waals surface area contributed by atoms with Crippen molar-refractivity contribution < 1.29 is 4.39 Å². The Balaban J connectivity index is 2.26. The second-order valence-corrected chi connectivity index (χ2v) is 5.74. The van der Waals surface area contributed by atoms with Crippen molar-refractivity contribution in [3.8, 4) is 0 Å². The van der Waals surface area contributed by atoms with E-state index in [-0.39, 0.29) is 23.5 Å². The second kappa shape index (κ2) is 6.52. The number of hydrogen-bond acceptors (Lipinski definition) is 5. The number of aryl methyl sites for hydroxylation is 1. The maximum Gasteiger partial charge on any atom is 0.332 e. The van der Waals surface area contributed by atoms with Gasteiger partial charge in [0.1, 0.15) is 5.82 Å². The molecule has 3 aromatic rings. The van der Waals surface area contributed by atoms with Crippen LogP contribution in [-0.4, -0.2) is 31.8 Å². The molecular formula is C16H19FN6O2. The van der Waals surface area contributed by atoms with Crippen LogP contribution in [0.2, 0.25) is 0 Å². The zero-order valence-electron chi connectivity index (χ0n) is 14.0. The minimum Gasteiger partial charge on any atom is -0.354 e. The molecule has 0 fully saturated rings. The third kappa shape index (κ3) is 2.93. The van der Waals surface area contributed by atoms with Gasteiger partial charge in [0.2, 0.25) is 5.95 Å². The highest BCUT2D eigenvalue weighted by molar-refractivity contribution is 5.74. The van der Waals surface area contributed by atoms with Crippen LogP contribution in [0.1, 0.15) is 5.56 Å². The van der Waals surface area contributed by atoms with Crippen molar-refractivity contribution in [1.82, 2.24) is 18.7 Å². The average molecular weight is 346 g/mol. The van der Waals surface area contributed by atoms with Gasteiger partial charge < -0.3 is 11.1 Å². The SMILES string of the molecule is Cn1c(=O)c2c(nc(NCCN)n2Cc2cccc(F)c2)n(C)c1=O. The monoisotopic (exact) mass is 346 g/mol. The van der Waals surface area contributed by atoms with E-state index >= 15 is 0 Å². The molecule has 25 heavy (non-hydrogen) atoms. The van der Waals surface area contributed by atoms with E-state index in [1.807, 2.05) is 0 Å². The fourth-order valence-electron chi connectivity index (χ4n) is 2.74.